The summed E-state index contributed by atoms with van der Waals surface area (Å²) >= 11 is 0. The average Bonchev–Trinajstić information content (AvgIpc) is 2.74. The second-order valence-electron chi connectivity index (χ2n) is 5.37. The van der Waals surface area contributed by atoms with Gasteiger partial charge in [-0.3, -0.25) is 19.6 Å². The number of carbonyl (C=O) groups excluding carboxylic acids is 2. The topological polar surface area (TPSA) is 113 Å². The van der Waals surface area contributed by atoms with E-state index in [0.29, 0.717) is 13.0 Å². The lowest BCUT2D eigenvalue weighted by molar-refractivity contribution is -0.149. The molecule has 3 N–H and O–H groups in total. The highest BCUT2D eigenvalue weighted by Gasteiger charge is 2.30. The zero-order chi connectivity index (χ0) is 16.0. The van der Waals surface area contributed by atoms with Gasteiger partial charge in [0.1, 0.15) is 0 Å². The van der Waals surface area contributed by atoms with Crippen LogP contribution in [0.2, 0.25) is 0 Å². The van der Waals surface area contributed by atoms with E-state index in [1.807, 2.05) is 6.07 Å². The van der Waals surface area contributed by atoms with Crippen LogP contribution in [0.25, 0.3) is 0 Å². The summed E-state index contributed by atoms with van der Waals surface area (Å²) in [6.45, 7) is 3.20. The minimum absolute atomic E-state index is 0.266. The minimum atomic E-state index is -1.21. The largest absolute Gasteiger partial charge is 0.481 e. The minimum Gasteiger partial charge on any atom is -0.481 e. The Morgan fingerprint density at radius 3 is 2.57 bits per heavy atom. The van der Waals surface area contributed by atoms with E-state index in [9.17, 15) is 14.4 Å². The molecule has 0 atom stereocenters. The summed E-state index contributed by atoms with van der Waals surface area (Å²) in [6, 6.07) is 1.20. The molecule has 0 aliphatic carbocycles. The summed E-state index contributed by atoms with van der Waals surface area (Å²) in [5, 5.41) is 17.6. The molecular weight excluding hydrogens is 276 g/mol. The van der Waals surface area contributed by atoms with Crippen LogP contribution < -0.4 is 10.6 Å². The highest BCUT2D eigenvalue weighted by molar-refractivity contribution is 5.96. The lowest BCUT2D eigenvalue weighted by Gasteiger charge is -2.17. The van der Waals surface area contributed by atoms with Gasteiger partial charge in [-0.15, -0.1) is 0 Å². The summed E-state index contributed by atoms with van der Waals surface area (Å²) in [5.74, 6) is -1.71. The van der Waals surface area contributed by atoms with Gasteiger partial charge in [0.25, 0.3) is 0 Å². The number of imide groups is 1. The fourth-order valence-corrected chi connectivity index (χ4v) is 1.64. The van der Waals surface area contributed by atoms with E-state index in [4.69, 9.17) is 5.11 Å². The van der Waals surface area contributed by atoms with Crippen LogP contribution in [-0.4, -0.2) is 39.3 Å². The van der Waals surface area contributed by atoms with Crippen LogP contribution in [0.5, 0.6) is 0 Å². The number of urea groups is 1. The molecule has 0 spiro atoms. The van der Waals surface area contributed by atoms with Gasteiger partial charge in [0, 0.05) is 38.3 Å². The Kier molecular flexibility index (Phi) is 5.45. The van der Waals surface area contributed by atoms with Crippen molar-refractivity contribution in [3.8, 4) is 0 Å². The average molecular weight is 296 g/mol. The van der Waals surface area contributed by atoms with E-state index in [1.54, 1.807) is 17.9 Å². The van der Waals surface area contributed by atoms with E-state index in [1.165, 1.54) is 13.8 Å². The molecule has 1 rings (SSSR count). The Morgan fingerprint density at radius 1 is 1.38 bits per heavy atom. The third-order valence-corrected chi connectivity index (χ3v) is 3.02. The first-order valence-electron chi connectivity index (χ1n) is 6.50. The molecule has 116 valence electrons. The summed E-state index contributed by atoms with van der Waals surface area (Å²) in [4.78, 5) is 34.0. The lowest BCUT2D eigenvalue weighted by Crippen LogP contribution is -2.42. The first-order chi connectivity index (χ1) is 9.72. The molecule has 21 heavy (non-hydrogen) atoms. The van der Waals surface area contributed by atoms with Crippen molar-refractivity contribution in [1.29, 1.82) is 0 Å². The van der Waals surface area contributed by atoms with Gasteiger partial charge in [-0.2, -0.15) is 5.10 Å². The fourth-order valence-electron chi connectivity index (χ4n) is 1.64. The number of rotatable bonds is 6. The first kappa shape index (κ1) is 16.7. The van der Waals surface area contributed by atoms with Gasteiger partial charge in [0.05, 0.1) is 5.41 Å². The second-order valence-corrected chi connectivity index (χ2v) is 5.37. The Bertz CT molecular complexity index is 536. The van der Waals surface area contributed by atoms with Gasteiger partial charge in [0.2, 0.25) is 5.91 Å². The van der Waals surface area contributed by atoms with Crippen molar-refractivity contribution in [3.63, 3.8) is 0 Å². The molecule has 1 heterocycles. The van der Waals surface area contributed by atoms with Crippen molar-refractivity contribution in [3.05, 3.63) is 18.0 Å². The Labute approximate surface area is 122 Å². The van der Waals surface area contributed by atoms with E-state index < -0.39 is 23.3 Å². The number of hydrogen-bond donors (Lipinski definition) is 3. The number of amides is 3. The fraction of sp³-hybridized carbons (Fsp3) is 0.538. The molecule has 0 unspecified atom stereocenters. The number of carboxylic acid groups (broad SMARTS) is 1. The number of nitrogens with zero attached hydrogens (tertiary/aromatic N) is 2. The molecule has 0 aliphatic rings. The highest BCUT2D eigenvalue weighted by Crippen LogP contribution is 2.19. The van der Waals surface area contributed by atoms with Gasteiger partial charge in [-0.1, -0.05) is 0 Å². The van der Waals surface area contributed by atoms with Crippen molar-refractivity contribution >= 4 is 17.9 Å². The van der Waals surface area contributed by atoms with Gasteiger partial charge >= 0.3 is 12.0 Å². The van der Waals surface area contributed by atoms with Crippen molar-refractivity contribution in [2.75, 3.05) is 6.54 Å². The van der Waals surface area contributed by atoms with Crippen LogP contribution in [0.15, 0.2) is 12.3 Å². The normalized spacial score (nSPS) is 11.0. The lowest BCUT2D eigenvalue weighted by atomic mass is 9.89. The molecule has 0 saturated carbocycles. The van der Waals surface area contributed by atoms with Crippen molar-refractivity contribution < 1.29 is 19.5 Å². The van der Waals surface area contributed by atoms with E-state index in [-0.39, 0.29) is 6.42 Å². The molecule has 8 nitrogen and oxygen atoms in total. The molecule has 1 aromatic heterocycles. The Balaban J connectivity index is 2.32. The predicted octanol–water partition coefficient (Wildman–Crippen LogP) is 0.289. The molecule has 0 fully saturated rings. The van der Waals surface area contributed by atoms with Crippen LogP contribution in [0.3, 0.4) is 0 Å². The highest BCUT2D eigenvalue weighted by atomic mass is 16.4. The number of carbonyl (C=O) groups is 3. The number of carboxylic acids is 1. The number of hydrogen-bond acceptors (Lipinski definition) is 4. The molecule has 3 amide bonds. The zero-order valence-corrected chi connectivity index (χ0v) is 12.3. The van der Waals surface area contributed by atoms with E-state index in [2.05, 4.69) is 15.7 Å². The summed E-state index contributed by atoms with van der Waals surface area (Å²) in [5.41, 5.74) is -0.257. The third kappa shape index (κ3) is 5.25. The number of aromatic nitrogens is 2. The van der Waals surface area contributed by atoms with Gasteiger partial charge in [0.15, 0.2) is 0 Å². The van der Waals surface area contributed by atoms with Crippen LogP contribution in [0.1, 0.15) is 26.0 Å². The summed E-state index contributed by atoms with van der Waals surface area (Å²) in [6.07, 6.45) is 1.98. The van der Waals surface area contributed by atoms with Gasteiger partial charge in [-0.25, -0.2) is 4.79 Å². The number of nitrogens with one attached hydrogen (secondary N) is 2. The van der Waals surface area contributed by atoms with Crippen molar-refractivity contribution in [2.45, 2.75) is 26.7 Å². The van der Waals surface area contributed by atoms with E-state index in [0.717, 1.165) is 5.69 Å². The molecular formula is C13H20N4O4. The zero-order valence-electron chi connectivity index (χ0n) is 12.3. The predicted molar refractivity (Wildman–Crippen MR) is 74.5 cm³/mol. The van der Waals surface area contributed by atoms with Crippen LogP contribution >= 0.6 is 0 Å². The molecule has 0 aromatic carbocycles. The molecule has 0 radical (unpaired) electrons. The van der Waals surface area contributed by atoms with Gasteiger partial charge < -0.3 is 10.4 Å². The molecule has 8 heteroatoms. The summed E-state index contributed by atoms with van der Waals surface area (Å²) < 4.78 is 1.69. The molecule has 0 saturated heterocycles. The molecule has 0 aliphatic heterocycles. The number of aryl methyl sites for hydroxylation is 1. The van der Waals surface area contributed by atoms with Crippen molar-refractivity contribution in [1.82, 2.24) is 20.4 Å². The monoisotopic (exact) mass is 296 g/mol. The Hall–Kier alpha value is -2.38. The maximum Gasteiger partial charge on any atom is 0.321 e. The first-order valence-corrected chi connectivity index (χ1v) is 6.50. The van der Waals surface area contributed by atoms with Crippen LogP contribution in [0, 0.1) is 5.41 Å². The third-order valence-electron chi connectivity index (χ3n) is 3.02. The van der Waals surface area contributed by atoms with Crippen LogP contribution in [0.4, 0.5) is 4.79 Å². The SMILES string of the molecule is Cn1nccc1CCNC(=O)NC(=O)CC(C)(C)C(=O)O. The second kappa shape index (κ2) is 6.87. The maximum atomic E-state index is 11.6. The quantitative estimate of drug-likeness (QED) is 0.698. The molecule has 1 aromatic rings. The maximum absolute atomic E-state index is 11.6. The molecule has 0 bridgehead atoms. The van der Waals surface area contributed by atoms with E-state index >= 15 is 0 Å². The van der Waals surface area contributed by atoms with Crippen molar-refractivity contribution in [2.24, 2.45) is 12.5 Å². The van der Waals surface area contributed by atoms with Crippen LogP contribution in [-0.2, 0) is 23.1 Å². The number of aliphatic carboxylic acids is 1. The smallest absolute Gasteiger partial charge is 0.321 e. The summed E-state index contributed by atoms with van der Waals surface area (Å²) in [7, 11) is 1.80. The standard InChI is InChI=1S/C13H20N4O4/c1-13(2,11(19)20)8-10(18)16-12(21)14-6-4-9-5-7-15-17(9)3/h5,7H,4,6,8H2,1-3H3,(H,19,20)(H2,14,16,18,21). The van der Waals surface area contributed by atoms with Gasteiger partial charge in [-0.05, 0) is 19.9 Å². The Morgan fingerprint density at radius 2 is 2.05 bits per heavy atom.